The molecule has 0 spiro atoms. The van der Waals surface area contributed by atoms with Crippen molar-refractivity contribution in [1.29, 1.82) is 0 Å². The van der Waals surface area contributed by atoms with Crippen molar-refractivity contribution < 1.29 is 9.53 Å². The number of hydrogen-bond acceptors (Lipinski definition) is 4. The number of thiazole rings is 1. The number of rotatable bonds is 6. The van der Waals surface area contributed by atoms with E-state index in [2.05, 4.69) is 18.8 Å². The molecule has 20 heavy (non-hydrogen) atoms. The van der Waals surface area contributed by atoms with Crippen LogP contribution < -0.4 is 0 Å². The number of ether oxygens (including phenoxy) is 1. The predicted molar refractivity (Wildman–Crippen MR) is 81.2 cm³/mol. The van der Waals surface area contributed by atoms with Gasteiger partial charge in [-0.15, -0.1) is 11.3 Å². The fourth-order valence-electron chi connectivity index (χ4n) is 2.08. The van der Waals surface area contributed by atoms with E-state index in [1.165, 1.54) is 0 Å². The van der Waals surface area contributed by atoms with Gasteiger partial charge in [0, 0.05) is 18.1 Å². The van der Waals surface area contributed by atoms with E-state index in [1.54, 1.807) is 18.4 Å². The summed E-state index contributed by atoms with van der Waals surface area (Å²) in [5, 5.41) is 2.89. The maximum absolute atomic E-state index is 12.1. The van der Waals surface area contributed by atoms with Gasteiger partial charge < -0.3 is 4.74 Å². The molecule has 0 amide bonds. The third kappa shape index (κ3) is 3.52. The molecule has 0 radical (unpaired) electrons. The molecule has 0 aliphatic rings. The second kappa shape index (κ2) is 6.77. The Morgan fingerprint density at radius 3 is 2.60 bits per heavy atom. The lowest BCUT2D eigenvalue weighted by Gasteiger charge is -2.15. The minimum absolute atomic E-state index is 0.000535. The Morgan fingerprint density at radius 1 is 1.30 bits per heavy atom. The van der Waals surface area contributed by atoms with Crippen LogP contribution in [0.5, 0.6) is 0 Å². The van der Waals surface area contributed by atoms with Crippen LogP contribution in [0, 0.1) is 5.92 Å². The lowest BCUT2D eigenvalue weighted by molar-refractivity contribution is 0.0643. The third-order valence-electron chi connectivity index (χ3n) is 3.11. The van der Waals surface area contributed by atoms with Crippen molar-refractivity contribution in [3.8, 4) is 0 Å². The highest BCUT2D eigenvalue weighted by Gasteiger charge is 2.19. The summed E-state index contributed by atoms with van der Waals surface area (Å²) in [6, 6.07) is 9.33. The van der Waals surface area contributed by atoms with Crippen molar-refractivity contribution in [3.63, 3.8) is 0 Å². The number of methoxy groups -OCH3 is 1. The molecule has 106 valence electrons. The van der Waals surface area contributed by atoms with Crippen LogP contribution in [0.15, 0.2) is 35.7 Å². The molecule has 3 nitrogen and oxygen atoms in total. The zero-order chi connectivity index (χ0) is 14.5. The number of Topliss-reactive ketones (excluding diaryl/α,β-unsaturated/α-hetero) is 1. The fourth-order valence-corrected chi connectivity index (χ4v) is 3.15. The Labute approximate surface area is 123 Å². The Balaban J connectivity index is 2.08. The molecule has 0 saturated heterocycles. The van der Waals surface area contributed by atoms with Crippen LogP contribution in [0.3, 0.4) is 0 Å². The Hall–Kier alpha value is -1.52. The van der Waals surface area contributed by atoms with Crippen molar-refractivity contribution in [2.75, 3.05) is 7.11 Å². The topological polar surface area (TPSA) is 39.2 Å². The summed E-state index contributed by atoms with van der Waals surface area (Å²) in [6.07, 6.45) is 0.343. The van der Waals surface area contributed by atoms with E-state index in [1.807, 2.05) is 35.7 Å². The number of benzene rings is 1. The van der Waals surface area contributed by atoms with E-state index in [-0.39, 0.29) is 11.9 Å². The summed E-state index contributed by atoms with van der Waals surface area (Å²) in [7, 11) is 1.70. The maximum Gasteiger partial charge on any atom is 0.168 e. The fraction of sp³-hybridized carbons (Fsp3) is 0.375. The number of aromatic nitrogens is 1. The van der Waals surface area contributed by atoms with E-state index in [0.29, 0.717) is 12.3 Å². The van der Waals surface area contributed by atoms with Gasteiger partial charge in [0.1, 0.15) is 11.1 Å². The normalized spacial score (nSPS) is 12.6. The van der Waals surface area contributed by atoms with Gasteiger partial charge >= 0.3 is 0 Å². The molecule has 1 heterocycles. The van der Waals surface area contributed by atoms with Crippen molar-refractivity contribution in [3.05, 3.63) is 52.0 Å². The van der Waals surface area contributed by atoms with Gasteiger partial charge in [0.05, 0.1) is 12.1 Å². The number of carbonyl (C=O) groups excluding carboxylic acids is 1. The molecule has 1 atom stereocenters. The first kappa shape index (κ1) is 14.9. The second-order valence-electron chi connectivity index (χ2n) is 5.04. The van der Waals surface area contributed by atoms with Crippen LogP contribution in [0.1, 0.15) is 41.0 Å². The summed E-state index contributed by atoms with van der Waals surface area (Å²) < 4.78 is 5.46. The Kier molecular flexibility index (Phi) is 5.04. The highest BCUT2D eigenvalue weighted by molar-refractivity contribution is 7.09. The standard InChI is InChI=1S/C16H19NO2S/c1-11(2)15(19-3)16-17-13(10-20-16)9-14(18)12-7-5-4-6-8-12/h4-8,10-11,15H,9H2,1-3H3. The Bertz CT molecular complexity index is 563. The number of carbonyl (C=O) groups is 1. The summed E-state index contributed by atoms with van der Waals surface area (Å²) in [5.74, 6) is 0.463. The predicted octanol–water partition coefficient (Wildman–Crippen LogP) is 3.91. The largest absolute Gasteiger partial charge is 0.374 e. The molecule has 1 aromatic heterocycles. The maximum atomic E-state index is 12.1. The SMILES string of the molecule is COC(c1nc(CC(=O)c2ccccc2)cs1)C(C)C. The van der Waals surface area contributed by atoms with Gasteiger partial charge in [0.15, 0.2) is 5.78 Å². The second-order valence-corrected chi connectivity index (χ2v) is 5.93. The van der Waals surface area contributed by atoms with Crippen LogP contribution in [0.4, 0.5) is 0 Å². The molecule has 0 aliphatic carbocycles. The zero-order valence-corrected chi connectivity index (χ0v) is 12.8. The van der Waals surface area contributed by atoms with Gasteiger partial charge in [-0.2, -0.15) is 0 Å². The zero-order valence-electron chi connectivity index (χ0n) is 12.0. The smallest absolute Gasteiger partial charge is 0.168 e. The average Bonchev–Trinajstić information content (AvgIpc) is 2.88. The van der Waals surface area contributed by atoms with E-state index in [4.69, 9.17) is 4.74 Å². The van der Waals surface area contributed by atoms with Crippen molar-refractivity contribution in [2.45, 2.75) is 26.4 Å². The minimum atomic E-state index is 0.000535. The molecule has 0 aliphatic heterocycles. The van der Waals surface area contributed by atoms with Crippen LogP contribution in [0.2, 0.25) is 0 Å². The Morgan fingerprint density at radius 2 is 2.00 bits per heavy atom. The first-order valence-electron chi connectivity index (χ1n) is 6.67. The van der Waals surface area contributed by atoms with Gasteiger partial charge in [0.2, 0.25) is 0 Å². The van der Waals surface area contributed by atoms with Gasteiger partial charge in [-0.3, -0.25) is 4.79 Å². The van der Waals surface area contributed by atoms with Crippen LogP contribution >= 0.6 is 11.3 Å². The molecule has 1 unspecified atom stereocenters. The van der Waals surface area contributed by atoms with Gasteiger partial charge in [0.25, 0.3) is 0 Å². The molecule has 0 fully saturated rings. The number of nitrogens with zero attached hydrogens (tertiary/aromatic N) is 1. The molecule has 2 aromatic rings. The van der Waals surface area contributed by atoms with Crippen molar-refractivity contribution in [2.24, 2.45) is 5.92 Å². The van der Waals surface area contributed by atoms with Crippen molar-refractivity contribution >= 4 is 17.1 Å². The number of ketones is 1. The quantitative estimate of drug-likeness (QED) is 0.757. The molecular formula is C16H19NO2S. The third-order valence-corrected chi connectivity index (χ3v) is 4.06. The molecular weight excluding hydrogens is 270 g/mol. The average molecular weight is 289 g/mol. The van der Waals surface area contributed by atoms with Crippen LogP contribution in [0.25, 0.3) is 0 Å². The monoisotopic (exact) mass is 289 g/mol. The van der Waals surface area contributed by atoms with E-state index < -0.39 is 0 Å². The lowest BCUT2D eigenvalue weighted by Crippen LogP contribution is -2.09. The van der Waals surface area contributed by atoms with Crippen LogP contribution in [-0.2, 0) is 11.2 Å². The van der Waals surface area contributed by atoms with Gasteiger partial charge in [-0.25, -0.2) is 4.98 Å². The van der Waals surface area contributed by atoms with Crippen LogP contribution in [-0.4, -0.2) is 17.9 Å². The first-order valence-corrected chi connectivity index (χ1v) is 7.55. The molecule has 4 heteroatoms. The summed E-state index contributed by atoms with van der Waals surface area (Å²) in [6.45, 7) is 4.20. The molecule has 0 N–H and O–H groups in total. The van der Waals surface area contributed by atoms with E-state index >= 15 is 0 Å². The minimum Gasteiger partial charge on any atom is -0.374 e. The lowest BCUT2D eigenvalue weighted by atomic mass is 10.1. The van der Waals surface area contributed by atoms with Crippen molar-refractivity contribution in [1.82, 2.24) is 4.98 Å². The summed E-state index contributed by atoms with van der Waals surface area (Å²) >= 11 is 1.56. The molecule has 0 saturated carbocycles. The van der Waals surface area contributed by atoms with E-state index in [9.17, 15) is 4.79 Å². The first-order chi connectivity index (χ1) is 9.61. The van der Waals surface area contributed by atoms with E-state index in [0.717, 1.165) is 16.3 Å². The summed E-state index contributed by atoms with van der Waals surface area (Å²) in [4.78, 5) is 16.7. The van der Waals surface area contributed by atoms with Gasteiger partial charge in [-0.1, -0.05) is 44.2 Å². The molecule has 1 aromatic carbocycles. The summed E-state index contributed by atoms with van der Waals surface area (Å²) in [5.41, 5.74) is 1.55. The molecule has 2 rings (SSSR count). The highest BCUT2D eigenvalue weighted by Crippen LogP contribution is 2.28. The van der Waals surface area contributed by atoms with Gasteiger partial charge in [-0.05, 0) is 5.92 Å². The highest BCUT2D eigenvalue weighted by atomic mass is 32.1. The molecule has 0 bridgehead atoms. The number of hydrogen-bond donors (Lipinski definition) is 0.